The minimum atomic E-state index is 0.0861. The smallest absolute Gasteiger partial charge is 0.145 e. The minimum absolute atomic E-state index is 0.0861. The highest BCUT2D eigenvalue weighted by Gasteiger charge is 2.44. The monoisotopic (exact) mass is 255 g/mol. The lowest BCUT2D eigenvalue weighted by Gasteiger charge is -2.16. The van der Waals surface area contributed by atoms with Crippen molar-refractivity contribution in [2.24, 2.45) is 11.1 Å². The summed E-state index contributed by atoms with van der Waals surface area (Å²) in [7, 11) is 0. The molecule has 0 amide bonds. The van der Waals surface area contributed by atoms with E-state index in [1.165, 1.54) is 0 Å². The van der Waals surface area contributed by atoms with Gasteiger partial charge in [-0.3, -0.25) is 10.4 Å². The predicted octanol–water partition coefficient (Wildman–Crippen LogP) is 2.72. The Hall–Kier alpha value is -2.10. The van der Waals surface area contributed by atoms with Crippen LogP contribution in [0.1, 0.15) is 19.3 Å². The van der Waals surface area contributed by atoms with Crippen LogP contribution < -0.4 is 10.5 Å². The van der Waals surface area contributed by atoms with E-state index < -0.39 is 0 Å². The van der Waals surface area contributed by atoms with Gasteiger partial charge in [-0.2, -0.15) is 0 Å². The number of hydrogen-bond donors (Lipinski definition) is 2. The lowest BCUT2D eigenvalue weighted by molar-refractivity contribution is 0.240. The fourth-order valence-electron chi connectivity index (χ4n) is 2.38. The molecular formula is C15H17N3O. The van der Waals surface area contributed by atoms with Gasteiger partial charge in [-0.1, -0.05) is 18.2 Å². The van der Waals surface area contributed by atoms with Gasteiger partial charge >= 0.3 is 0 Å². The molecule has 2 aromatic rings. The summed E-state index contributed by atoms with van der Waals surface area (Å²) in [5.41, 5.74) is 6.47. The molecule has 0 spiro atoms. The topological polar surface area (TPSA) is 72.0 Å². The Kier molecular flexibility index (Phi) is 2.85. The summed E-state index contributed by atoms with van der Waals surface area (Å²) >= 11 is 0. The molecule has 19 heavy (non-hydrogen) atoms. The van der Waals surface area contributed by atoms with Crippen LogP contribution in [0.25, 0.3) is 10.9 Å². The Balaban J connectivity index is 1.77. The van der Waals surface area contributed by atoms with Gasteiger partial charge in [0.15, 0.2) is 0 Å². The number of nitrogens with zero attached hydrogens (tertiary/aromatic N) is 1. The van der Waals surface area contributed by atoms with Gasteiger partial charge in [0.25, 0.3) is 0 Å². The summed E-state index contributed by atoms with van der Waals surface area (Å²) < 4.78 is 5.93. The highest BCUT2D eigenvalue weighted by molar-refractivity contribution is 5.84. The second-order valence-electron chi connectivity index (χ2n) is 5.32. The minimum Gasteiger partial charge on any atom is -0.491 e. The summed E-state index contributed by atoms with van der Waals surface area (Å²) in [5, 5.41) is 8.49. The van der Waals surface area contributed by atoms with E-state index in [2.05, 4.69) is 4.98 Å². The molecule has 0 aliphatic heterocycles. The van der Waals surface area contributed by atoms with Gasteiger partial charge in [0, 0.05) is 23.4 Å². The number of nitrogens with one attached hydrogen (secondary N) is 1. The molecule has 3 N–H and O–H groups in total. The van der Waals surface area contributed by atoms with Crippen LogP contribution in [0.3, 0.4) is 0 Å². The molecule has 0 atom stereocenters. The standard InChI is InChI=1S/C15H17N3O/c16-13(17)9-15(6-7-15)10-19-12-5-1-3-11-4-2-8-18-14(11)12/h1-5,8H,6-7,9-10H2,(H3,16,17). The third-order valence-electron chi connectivity index (χ3n) is 3.65. The summed E-state index contributed by atoms with van der Waals surface area (Å²) in [6.07, 6.45) is 4.58. The zero-order chi connectivity index (χ0) is 13.3. The van der Waals surface area contributed by atoms with Gasteiger partial charge in [0.2, 0.25) is 0 Å². The molecular weight excluding hydrogens is 238 g/mol. The third kappa shape index (κ3) is 2.52. The SMILES string of the molecule is N=C(N)CC1(COc2cccc3cccnc23)CC1. The fraction of sp³-hybridized carbons (Fsp3) is 0.333. The molecule has 1 fully saturated rings. The van der Waals surface area contributed by atoms with Crippen molar-refractivity contribution in [2.45, 2.75) is 19.3 Å². The van der Waals surface area contributed by atoms with Crippen LogP contribution >= 0.6 is 0 Å². The number of aromatic nitrogens is 1. The van der Waals surface area contributed by atoms with E-state index in [-0.39, 0.29) is 11.3 Å². The van der Waals surface area contributed by atoms with Crippen molar-refractivity contribution < 1.29 is 4.74 Å². The maximum absolute atomic E-state index is 7.41. The lowest BCUT2D eigenvalue weighted by Crippen LogP contribution is -2.21. The Bertz CT molecular complexity index is 614. The highest BCUT2D eigenvalue weighted by Crippen LogP contribution is 2.49. The number of rotatable bonds is 5. The fourth-order valence-corrected chi connectivity index (χ4v) is 2.38. The first kappa shape index (κ1) is 12.0. The van der Waals surface area contributed by atoms with Crippen LogP contribution in [0.4, 0.5) is 0 Å². The van der Waals surface area contributed by atoms with E-state index in [1.807, 2.05) is 30.3 Å². The molecule has 1 aliphatic rings. The summed E-state index contributed by atoms with van der Waals surface area (Å²) in [5.74, 6) is 1.06. The van der Waals surface area contributed by atoms with Crippen molar-refractivity contribution >= 4 is 16.7 Å². The predicted molar refractivity (Wildman–Crippen MR) is 75.4 cm³/mol. The molecule has 0 saturated heterocycles. The van der Waals surface area contributed by atoms with Crippen molar-refractivity contribution in [1.82, 2.24) is 4.98 Å². The molecule has 1 aliphatic carbocycles. The number of ether oxygens (including phenoxy) is 1. The quantitative estimate of drug-likeness (QED) is 0.637. The van der Waals surface area contributed by atoms with Gasteiger partial charge in [-0.05, 0) is 25.0 Å². The number of nitrogens with two attached hydrogens (primary N) is 1. The van der Waals surface area contributed by atoms with Crippen LogP contribution in [0.5, 0.6) is 5.75 Å². The average Bonchev–Trinajstić information content (AvgIpc) is 3.15. The van der Waals surface area contributed by atoms with Crippen LogP contribution in [0.2, 0.25) is 0 Å². The van der Waals surface area contributed by atoms with Gasteiger partial charge in [-0.25, -0.2) is 0 Å². The third-order valence-corrected chi connectivity index (χ3v) is 3.65. The zero-order valence-corrected chi connectivity index (χ0v) is 10.7. The average molecular weight is 255 g/mol. The van der Waals surface area contributed by atoms with E-state index in [0.29, 0.717) is 13.0 Å². The Morgan fingerprint density at radius 3 is 2.84 bits per heavy atom. The van der Waals surface area contributed by atoms with Crippen LogP contribution in [0, 0.1) is 10.8 Å². The van der Waals surface area contributed by atoms with Crippen molar-refractivity contribution in [3.8, 4) is 5.75 Å². The first-order chi connectivity index (χ1) is 9.19. The number of hydrogen-bond acceptors (Lipinski definition) is 3. The first-order valence-electron chi connectivity index (χ1n) is 6.48. The molecule has 0 unspecified atom stereocenters. The molecule has 1 heterocycles. The molecule has 3 rings (SSSR count). The highest BCUT2D eigenvalue weighted by atomic mass is 16.5. The number of para-hydroxylation sites is 1. The van der Waals surface area contributed by atoms with E-state index in [9.17, 15) is 0 Å². The molecule has 4 nitrogen and oxygen atoms in total. The van der Waals surface area contributed by atoms with Crippen molar-refractivity contribution in [2.75, 3.05) is 6.61 Å². The molecule has 0 bridgehead atoms. The summed E-state index contributed by atoms with van der Waals surface area (Å²) in [6, 6.07) is 9.89. The molecule has 0 radical (unpaired) electrons. The van der Waals surface area contributed by atoms with Gasteiger partial charge < -0.3 is 10.5 Å². The Morgan fingerprint density at radius 2 is 2.11 bits per heavy atom. The maximum Gasteiger partial charge on any atom is 0.145 e. The van der Waals surface area contributed by atoms with Crippen molar-refractivity contribution in [3.63, 3.8) is 0 Å². The largest absolute Gasteiger partial charge is 0.491 e. The first-order valence-corrected chi connectivity index (χ1v) is 6.48. The number of benzene rings is 1. The van der Waals surface area contributed by atoms with Crippen molar-refractivity contribution in [1.29, 1.82) is 5.41 Å². The van der Waals surface area contributed by atoms with Gasteiger partial charge in [0.1, 0.15) is 11.3 Å². The second kappa shape index (κ2) is 4.53. The van der Waals surface area contributed by atoms with Crippen LogP contribution in [-0.2, 0) is 0 Å². The van der Waals surface area contributed by atoms with Crippen molar-refractivity contribution in [3.05, 3.63) is 36.5 Å². The van der Waals surface area contributed by atoms with Gasteiger partial charge in [0.05, 0.1) is 12.4 Å². The second-order valence-corrected chi connectivity index (χ2v) is 5.32. The van der Waals surface area contributed by atoms with E-state index in [0.717, 1.165) is 29.5 Å². The zero-order valence-electron chi connectivity index (χ0n) is 10.7. The summed E-state index contributed by atoms with van der Waals surface area (Å²) in [6.45, 7) is 0.613. The molecule has 98 valence electrons. The Morgan fingerprint density at radius 1 is 1.32 bits per heavy atom. The molecule has 1 aromatic heterocycles. The number of pyridine rings is 1. The molecule has 1 aromatic carbocycles. The number of fused-ring (bicyclic) bond motifs is 1. The van der Waals surface area contributed by atoms with E-state index in [4.69, 9.17) is 15.9 Å². The Labute approximate surface area is 112 Å². The normalized spacial score (nSPS) is 16.2. The lowest BCUT2D eigenvalue weighted by atomic mass is 10.0. The number of amidine groups is 1. The van der Waals surface area contributed by atoms with E-state index in [1.54, 1.807) is 6.20 Å². The van der Waals surface area contributed by atoms with E-state index >= 15 is 0 Å². The van der Waals surface area contributed by atoms with Crippen LogP contribution in [0.15, 0.2) is 36.5 Å². The molecule has 4 heteroatoms. The van der Waals surface area contributed by atoms with Gasteiger partial charge in [-0.15, -0.1) is 0 Å². The summed E-state index contributed by atoms with van der Waals surface area (Å²) in [4.78, 5) is 4.37. The van der Waals surface area contributed by atoms with Crippen LogP contribution in [-0.4, -0.2) is 17.4 Å². The maximum atomic E-state index is 7.41. The molecule has 1 saturated carbocycles.